The summed E-state index contributed by atoms with van der Waals surface area (Å²) in [6.07, 6.45) is 7.15. The molecule has 1 fully saturated rings. The maximum atomic E-state index is 11.8. The van der Waals surface area contributed by atoms with Crippen LogP contribution in [0.4, 0.5) is 0 Å². The molecule has 5 nitrogen and oxygen atoms in total. The van der Waals surface area contributed by atoms with Crippen LogP contribution in [-0.4, -0.2) is 24.9 Å². The van der Waals surface area contributed by atoms with E-state index in [0.717, 1.165) is 12.8 Å². The van der Waals surface area contributed by atoms with Crippen molar-refractivity contribution in [3.05, 3.63) is 0 Å². The molecule has 5 heteroatoms. The summed E-state index contributed by atoms with van der Waals surface area (Å²) in [6, 6.07) is 0. The van der Waals surface area contributed by atoms with Gasteiger partial charge in [-0.05, 0) is 31.2 Å². The molecule has 0 heterocycles. The first-order chi connectivity index (χ1) is 8.58. The molecule has 0 aromatic heterocycles. The summed E-state index contributed by atoms with van der Waals surface area (Å²) >= 11 is 0. The molecule has 0 aliphatic heterocycles. The third-order valence-electron chi connectivity index (χ3n) is 3.80. The van der Waals surface area contributed by atoms with Gasteiger partial charge in [-0.2, -0.15) is 0 Å². The van der Waals surface area contributed by atoms with Gasteiger partial charge in [-0.1, -0.05) is 19.3 Å². The normalized spacial score (nSPS) is 18.3. The molecule has 1 rings (SSSR count). The van der Waals surface area contributed by atoms with Crippen LogP contribution in [0.15, 0.2) is 0 Å². The van der Waals surface area contributed by atoms with Crippen LogP contribution < -0.4 is 16.8 Å². The molecular formula is C13H25N3O2. The van der Waals surface area contributed by atoms with Crippen molar-refractivity contribution in [3.8, 4) is 0 Å². The molecule has 5 N–H and O–H groups in total. The number of nitrogens with one attached hydrogen (secondary N) is 1. The Morgan fingerprint density at radius 3 is 2.39 bits per heavy atom. The summed E-state index contributed by atoms with van der Waals surface area (Å²) < 4.78 is 0. The first kappa shape index (κ1) is 15.0. The number of hydrogen-bond donors (Lipinski definition) is 3. The highest BCUT2D eigenvalue weighted by molar-refractivity contribution is 5.77. The molecule has 0 saturated heterocycles. The first-order valence-corrected chi connectivity index (χ1v) is 6.83. The zero-order chi connectivity index (χ0) is 13.4. The number of nitrogens with two attached hydrogens (primary N) is 2. The van der Waals surface area contributed by atoms with Crippen LogP contribution in [0, 0.1) is 5.41 Å². The van der Waals surface area contributed by atoms with Crippen molar-refractivity contribution in [3.63, 3.8) is 0 Å². The van der Waals surface area contributed by atoms with Crippen LogP contribution in [0.3, 0.4) is 0 Å². The number of carbonyl (C=O) groups excluding carboxylic acids is 2. The minimum absolute atomic E-state index is 0.00597. The van der Waals surface area contributed by atoms with Crippen molar-refractivity contribution in [1.82, 2.24) is 5.32 Å². The third kappa shape index (κ3) is 5.04. The van der Waals surface area contributed by atoms with E-state index in [1.807, 2.05) is 0 Å². The fourth-order valence-corrected chi connectivity index (χ4v) is 2.65. The summed E-state index contributed by atoms with van der Waals surface area (Å²) in [6.45, 7) is 1.10. The summed E-state index contributed by atoms with van der Waals surface area (Å²) in [4.78, 5) is 22.4. The average molecular weight is 255 g/mol. The second-order valence-corrected chi connectivity index (χ2v) is 5.36. The quantitative estimate of drug-likeness (QED) is 0.583. The van der Waals surface area contributed by atoms with Crippen molar-refractivity contribution in [2.24, 2.45) is 16.9 Å². The average Bonchev–Trinajstić information content (AvgIpc) is 2.35. The second kappa shape index (κ2) is 7.36. The molecule has 0 bridgehead atoms. The minimum Gasteiger partial charge on any atom is -0.370 e. The van der Waals surface area contributed by atoms with Gasteiger partial charge in [-0.15, -0.1) is 0 Å². The molecule has 104 valence electrons. The number of carbonyl (C=O) groups is 2. The van der Waals surface area contributed by atoms with E-state index in [9.17, 15) is 9.59 Å². The molecule has 18 heavy (non-hydrogen) atoms. The number of primary amides is 1. The highest BCUT2D eigenvalue weighted by atomic mass is 16.2. The van der Waals surface area contributed by atoms with E-state index in [2.05, 4.69) is 5.32 Å². The maximum absolute atomic E-state index is 11.8. The standard InChI is InChI=1S/C13H25N3O2/c14-10-13(6-2-1-3-7-13)9-12(18)16-8-4-5-11(15)17/h1-10,14H2,(H2,15,17)(H,16,18). The molecule has 0 radical (unpaired) electrons. The molecule has 0 unspecified atom stereocenters. The zero-order valence-corrected chi connectivity index (χ0v) is 11.0. The second-order valence-electron chi connectivity index (χ2n) is 5.36. The number of rotatable bonds is 7. The van der Waals surface area contributed by atoms with Gasteiger partial charge in [-0.25, -0.2) is 0 Å². The van der Waals surface area contributed by atoms with Crippen LogP contribution in [0.5, 0.6) is 0 Å². The molecule has 0 atom stereocenters. The Morgan fingerprint density at radius 2 is 1.83 bits per heavy atom. The maximum Gasteiger partial charge on any atom is 0.220 e. The molecule has 1 aliphatic carbocycles. The van der Waals surface area contributed by atoms with Crippen molar-refractivity contribution < 1.29 is 9.59 Å². The fraction of sp³-hybridized carbons (Fsp3) is 0.846. The number of hydrogen-bond acceptors (Lipinski definition) is 3. The Bertz CT molecular complexity index is 286. The zero-order valence-electron chi connectivity index (χ0n) is 11.0. The van der Waals surface area contributed by atoms with E-state index < -0.39 is 0 Å². The lowest BCUT2D eigenvalue weighted by Crippen LogP contribution is -2.38. The molecule has 0 aromatic rings. The Hall–Kier alpha value is -1.10. The predicted molar refractivity (Wildman–Crippen MR) is 70.6 cm³/mol. The first-order valence-electron chi connectivity index (χ1n) is 6.83. The van der Waals surface area contributed by atoms with E-state index in [1.165, 1.54) is 19.3 Å². The molecule has 2 amide bonds. The smallest absolute Gasteiger partial charge is 0.220 e. The van der Waals surface area contributed by atoms with Gasteiger partial charge in [-0.3, -0.25) is 9.59 Å². The summed E-state index contributed by atoms with van der Waals surface area (Å²) in [7, 11) is 0. The van der Waals surface area contributed by atoms with Gasteiger partial charge < -0.3 is 16.8 Å². The van der Waals surface area contributed by atoms with Gasteiger partial charge >= 0.3 is 0 Å². The van der Waals surface area contributed by atoms with E-state index >= 15 is 0 Å². The van der Waals surface area contributed by atoms with Gasteiger partial charge in [0.1, 0.15) is 0 Å². The van der Waals surface area contributed by atoms with E-state index in [1.54, 1.807) is 0 Å². The van der Waals surface area contributed by atoms with Crippen molar-refractivity contribution in [1.29, 1.82) is 0 Å². The lowest BCUT2D eigenvalue weighted by Gasteiger charge is -2.35. The Kier molecular flexibility index (Phi) is 6.12. The summed E-state index contributed by atoms with van der Waals surface area (Å²) in [5.41, 5.74) is 10.9. The van der Waals surface area contributed by atoms with Crippen molar-refractivity contribution in [2.45, 2.75) is 51.4 Å². The lowest BCUT2D eigenvalue weighted by atomic mass is 9.71. The van der Waals surface area contributed by atoms with Gasteiger partial charge in [0, 0.05) is 19.4 Å². The van der Waals surface area contributed by atoms with Gasteiger partial charge in [0.05, 0.1) is 0 Å². The Labute approximate surface area is 109 Å². The lowest BCUT2D eigenvalue weighted by molar-refractivity contribution is -0.124. The molecular weight excluding hydrogens is 230 g/mol. The van der Waals surface area contributed by atoms with E-state index in [0.29, 0.717) is 32.4 Å². The highest BCUT2D eigenvalue weighted by Crippen LogP contribution is 2.38. The monoisotopic (exact) mass is 255 g/mol. The molecule has 0 spiro atoms. The minimum atomic E-state index is -0.324. The van der Waals surface area contributed by atoms with Crippen molar-refractivity contribution >= 4 is 11.8 Å². The molecule has 0 aromatic carbocycles. The van der Waals surface area contributed by atoms with Crippen LogP contribution in [0.1, 0.15) is 51.4 Å². The Morgan fingerprint density at radius 1 is 1.17 bits per heavy atom. The largest absolute Gasteiger partial charge is 0.370 e. The Balaban J connectivity index is 2.26. The predicted octanol–water partition coefficient (Wildman–Crippen LogP) is 0.667. The fourth-order valence-electron chi connectivity index (χ4n) is 2.65. The SMILES string of the molecule is NCC1(CC(=O)NCCCC(N)=O)CCCCC1. The van der Waals surface area contributed by atoms with Crippen LogP contribution >= 0.6 is 0 Å². The third-order valence-corrected chi connectivity index (χ3v) is 3.80. The van der Waals surface area contributed by atoms with Crippen molar-refractivity contribution in [2.75, 3.05) is 13.1 Å². The topological polar surface area (TPSA) is 98.2 Å². The van der Waals surface area contributed by atoms with Gasteiger partial charge in [0.15, 0.2) is 0 Å². The van der Waals surface area contributed by atoms with E-state index in [4.69, 9.17) is 11.5 Å². The van der Waals surface area contributed by atoms with E-state index in [-0.39, 0.29) is 17.2 Å². The van der Waals surface area contributed by atoms with Crippen LogP contribution in [0.2, 0.25) is 0 Å². The van der Waals surface area contributed by atoms with Gasteiger partial charge in [0.2, 0.25) is 11.8 Å². The molecule has 1 aliphatic rings. The van der Waals surface area contributed by atoms with Crippen LogP contribution in [0.25, 0.3) is 0 Å². The summed E-state index contributed by atoms with van der Waals surface area (Å²) in [5, 5.41) is 2.84. The van der Waals surface area contributed by atoms with Crippen LogP contribution in [-0.2, 0) is 9.59 Å². The van der Waals surface area contributed by atoms with Gasteiger partial charge in [0.25, 0.3) is 0 Å². The number of amides is 2. The summed E-state index contributed by atoms with van der Waals surface area (Å²) in [5.74, 6) is -0.276. The highest BCUT2D eigenvalue weighted by Gasteiger charge is 2.32. The molecule has 1 saturated carbocycles.